The zero-order chi connectivity index (χ0) is 26.4. The molecule has 0 aliphatic heterocycles. The van der Waals surface area contributed by atoms with E-state index in [9.17, 15) is 24.3 Å². The first-order valence-corrected chi connectivity index (χ1v) is 9.77. The number of rotatable bonds is 6. The van der Waals surface area contributed by atoms with Crippen LogP contribution in [0.5, 0.6) is 0 Å². The Labute approximate surface area is 200 Å². The van der Waals surface area contributed by atoms with Gasteiger partial charge in [-0.15, -0.1) is 9.77 Å². The van der Waals surface area contributed by atoms with Crippen LogP contribution in [0.2, 0.25) is 0 Å². The number of hydrogen-bond acceptors (Lipinski definition) is 9. The van der Waals surface area contributed by atoms with Crippen molar-refractivity contribution >= 4 is 23.9 Å². The van der Waals surface area contributed by atoms with Crippen LogP contribution in [-0.2, 0) is 0 Å². The molecule has 0 amide bonds. The second kappa shape index (κ2) is 10.5. The Morgan fingerprint density at radius 1 is 0.750 bits per heavy atom. The Morgan fingerprint density at radius 2 is 1.17 bits per heavy atom. The molecule has 182 valence electrons. The molecule has 36 heavy (non-hydrogen) atoms. The lowest BCUT2D eigenvalue weighted by Gasteiger charge is -2.10. The second-order valence-corrected chi connectivity index (χ2v) is 6.88. The Kier molecular flexibility index (Phi) is 7.29. The topological polar surface area (TPSA) is 236 Å². The Hall–Kier alpha value is -5.66. The molecule has 4 rings (SSSR count). The van der Waals surface area contributed by atoms with E-state index in [-0.39, 0.29) is 0 Å². The molecule has 0 radical (unpaired) electrons. The monoisotopic (exact) mass is 492 g/mol. The maximum absolute atomic E-state index is 10.8. The van der Waals surface area contributed by atoms with Gasteiger partial charge in [0, 0.05) is 35.4 Å². The summed E-state index contributed by atoms with van der Waals surface area (Å²) in [5.74, 6) is 0.453. The minimum Gasteiger partial charge on any atom is -0.545 e. The summed E-state index contributed by atoms with van der Waals surface area (Å²) in [6, 6.07) is 8.37. The molecule has 0 aliphatic rings. The van der Waals surface area contributed by atoms with Crippen LogP contribution in [0, 0.1) is 0 Å². The lowest BCUT2D eigenvalue weighted by atomic mass is 9.98. The predicted octanol–water partition coefficient (Wildman–Crippen LogP) is -0.320. The molecule has 0 saturated carbocycles. The number of aromatic nitrogens is 5. The Balaban J connectivity index is 0.000000201. The third-order valence-corrected chi connectivity index (χ3v) is 4.70. The van der Waals surface area contributed by atoms with E-state index in [1.165, 1.54) is 4.68 Å². The summed E-state index contributed by atoms with van der Waals surface area (Å²) < 4.78 is 1.52. The summed E-state index contributed by atoms with van der Waals surface area (Å²) in [5, 5.41) is 44.0. The standard InChI is InChI=1S/C12H10N6.C10H6O8/c13-18-11(9-1-5-14-6-2-9)16-17-12(18)10-3-7-15-8-4-10;11-7(12)3-1-4(8(13)14)6(10(17)18)2-5(3)9(15)16/h1-8H,13H2;1-2H,(H,11,12)(H,13,14)(H,15,16)(H,17,18). The number of benzene rings is 1. The number of carboxylic acids is 4. The van der Waals surface area contributed by atoms with Crippen molar-refractivity contribution in [1.82, 2.24) is 20.2 Å². The Morgan fingerprint density at radius 3 is 1.61 bits per heavy atom. The molecular weight excluding hydrogens is 476 g/mol. The van der Waals surface area contributed by atoms with Crippen molar-refractivity contribution in [2.75, 3.05) is 5.84 Å². The molecule has 14 nitrogen and oxygen atoms in total. The van der Waals surface area contributed by atoms with Gasteiger partial charge in [0.05, 0.1) is 33.8 Å². The number of nitrogen functional groups attached to an aromatic ring is 1. The number of H-pyrrole nitrogens is 1. The summed E-state index contributed by atoms with van der Waals surface area (Å²) in [7, 11) is 0. The van der Waals surface area contributed by atoms with E-state index in [1.54, 1.807) is 24.8 Å². The average molecular weight is 492 g/mol. The van der Waals surface area contributed by atoms with E-state index in [0.29, 0.717) is 18.0 Å². The molecule has 3 aromatic heterocycles. The average Bonchev–Trinajstić information content (AvgIpc) is 3.25. The van der Waals surface area contributed by atoms with Gasteiger partial charge in [-0.1, -0.05) is 0 Å². The molecule has 4 aromatic rings. The normalized spacial score (nSPS) is 10.1. The van der Waals surface area contributed by atoms with Crippen LogP contribution in [0.25, 0.3) is 22.8 Å². The van der Waals surface area contributed by atoms with Crippen molar-refractivity contribution < 1.29 is 44.3 Å². The molecule has 0 atom stereocenters. The fraction of sp³-hybridized carbons (Fsp3) is 0. The highest BCUT2D eigenvalue weighted by Gasteiger charge is 2.23. The Bertz CT molecular complexity index is 1300. The van der Waals surface area contributed by atoms with Crippen molar-refractivity contribution in [3.63, 3.8) is 0 Å². The van der Waals surface area contributed by atoms with Crippen molar-refractivity contribution in [2.24, 2.45) is 0 Å². The number of carbonyl (C=O) groups is 4. The van der Waals surface area contributed by atoms with Crippen LogP contribution in [0.4, 0.5) is 0 Å². The van der Waals surface area contributed by atoms with Gasteiger partial charge in [-0.25, -0.2) is 14.4 Å². The molecule has 1 aromatic carbocycles. The number of nitrogens with two attached hydrogens (primary N) is 1. The number of carboxylic acid groups (broad SMARTS) is 4. The maximum Gasteiger partial charge on any atom is 0.336 e. The highest BCUT2D eigenvalue weighted by atomic mass is 16.4. The fourth-order valence-electron chi connectivity index (χ4n) is 3.04. The van der Waals surface area contributed by atoms with Gasteiger partial charge >= 0.3 is 23.7 Å². The third kappa shape index (κ3) is 5.28. The number of nitrogens with one attached hydrogen (secondary N) is 1. The van der Waals surface area contributed by atoms with E-state index in [4.69, 9.17) is 21.2 Å². The van der Waals surface area contributed by atoms with Crippen LogP contribution in [0.3, 0.4) is 0 Å². The van der Waals surface area contributed by atoms with Gasteiger partial charge in [-0.2, -0.15) is 0 Å². The zero-order valence-electron chi connectivity index (χ0n) is 18.0. The van der Waals surface area contributed by atoms with E-state index in [0.717, 1.165) is 17.0 Å². The quantitative estimate of drug-likeness (QED) is 0.172. The van der Waals surface area contributed by atoms with Crippen LogP contribution in [0.1, 0.15) is 41.4 Å². The van der Waals surface area contributed by atoms with E-state index >= 15 is 0 Å². The minimum absolute atomic E-state index is 0.449. The lowest BCUT2D eigenvalue weighted by molar-refractivity contribution is -0.616. The number of aromatic carboxylic acids is 4. The fourth-order valence-corrected chi connectivity index (χ4v) is 3.04. The molecule has 6 N–H and O–H groups in total. The van der Waals surface area contributed by atoms with Gasteiger partial charge in [0.25, 0.3) is 5.82 Å². The van der Waals surface area contributed by atoms with Crippen LogP contribution in [0.15, 0.2) is 61.2 Å². The molecule has 14 heteroatoms. The summed E-state index contributed by atoms with van der Waals surface area (Å²) in [6.45, 7) is 0. The summed E-state index contributed by atoms with van der Waals surface area (Å²) >= 11 is 0. The van der Waals surface area contributed by atoms with Crippen molar-refractivity contribution in [1.29, 1.82) is 0 Å². The van der Waals surface area contributed by atoms with Crippen LogP contribution in [-0.4, -0.2) is 59.4 Å². The summed E-state index contributed by atoms with van der Waals surface area (Å²) in [4.78, 5) is 50.9. The number of aromatic amines is 1. The largest absolute Gasteiger partial charge is 0.545 e. The van der Waals surface area contributed by atoms with Crippen LogP contribution < -0.4 is 15.6 Å². The van der Waals surface area contributed by atoms with E-state index in [1.807, 2.05) is 24.3 Å². The van der Waals surface area contributed by atoms with Gasteiger partial charge < -0.3 is 25.2 Å². The molecule has 0 aliphatic carbocycles. The van der Waals surface area contributed by atoms with Crippen LogP contribution >= 0.6 is 0 Å². The van der Waals surface area contributed by atoms with Crippen molar-refractivity contribution in [3.05, 3.63) is 83.4 Å². The maximum atomic E-state index is 10.8. The highest BCUT2D eigenvalue weighted by molar-refractivity contribution is 6.08. The van der Waals surface area contributed by atoms with Gasteiger partial charge in [0.2, 0.25) is 0 Å². The predicted molar refractivity (Wildman–Crippen MR) is 117 cm³/mol. The van der Waals surface area contributed by atoms with Crippen molar-refractivity contribution in [2.45, 2.75) is 0 Å². The molecular formula is C22H16N6O8. The minimum atomic E-state index is -1.91. The van der Waals surface area contributed by atoms with E-state index in [2.05, 4.69) is 20.2 Å². The van der Waals surface area contributed by atoms with Gasteiger partial charge in [0.15, 0.2) is 0 Å². The second-order valence-electron chi connectivity index (χ2n) is 6.88. The van der Waals surface area contributed by atoms with Gasteiger partial charge in [-0.05, 0) is 36.4 Å². The van der Waals surface area contributed by atoms with Gasteiger partial charge in [-0.3, -0.25) is 15.8 Å². The highest BCUT2D eigenvalue weighted by Crippen LogP contribution is 2.18. The third-order valence-electron chi connectivity index (χ3n) is 4.70. The summed E-state index contributed by atoms with van der Waals surface area (Å²) in [6.07, 6.45) is 6.83. The molecule has 0 unspecified atom stereocenters. The lowest BCUT2D eigenvalue weighted by Crippen LogP contribution is -2.46. The molecule has 0 saturated heterocycles. The smallest absolute Gasteiger partial charge is 0.336 e. The number of nitrogens with zero attached hydrogens (tertiary/aromatic N) is 4. The van der Waals surface area contributed by atoms with E-state index < -0.39 is 46.1 Å². The molecule has 0 bridgehead atoms. The zero-order valence-corrected chi connectivity index (χ0v) is 18.0. The summed E-state index contributed by atoms with van der Waals surface area (Å²) in [5.41, 5.74) is -1.55. The molecule has 0 spiro atoms. The number of pyridine rings is 2. The SMILES string of the molecule is N[n+]1c(-c2ccncc2)n[nH]c1-c1ccncc1.O=C([O-])c1cc(C(=O)O)c(C(=O)O)cc1C(=O)O. The first kappa shape index (κ1) is 25.0. The molecule has 3 heterocycles. The van der Waals surface area contributed by atoms with Gasteiger partial charge in [0.1, 0.15) is 0 Å². The first-order chi connectivity index (χ1) is 17.1. The first-order valence-electron chi connectivity index (χ1n) is 9.77. The number of carbonyl (C=O) groups excluding carboxylic acids is 1. The number of hydrogen-bond donors (Lipinski definition) is 5. The molecule has 0 fully saturated rings. The van der Waals surface area contributed by atoms with Crippen molar-refractivity contribution in [3.8, 4) is 22.8 Å².